The summed E-state index contributed by atoms with van der Waals surface area (Å²) in [7, 11) is 1.76. The Kier molecular flexibility index (Phi) is 1.81. The minimum Gasteiger partial charge on any atom is -0.313 e. The van der Waals surface area contributed by atoms with Gasteiger partial charge in [-0.1, -0.05) is 0 Å². The van der Waals surface area contributed by atoms with E-state index in [0.717, 1.165) is 11.4 Å². The van der Waals surface area contributed by atoms with Gasteiger partial charge in [0.05, 0.1) is 5.69 Å². The van der Waals surface area contributed by atoms with Crippen LogP contribution in [0.1, 0.15) is 17.1 Å². The summed E-state index contributed by atoms with van der Waals surface area (Å²) >= 11 is 0. The van der Waals surface area contributed by atoms with Gasteiger partial charge in [0.1, 0.15) is 5.69 Å². The van der Waals surface area contributed by atoms with E-state index < -0.39 is 0 Å². The zero-order valence-corrected chi connectivity index (χ0v) is 7.30. The Balaban J connectivity index is 3.59. The van der Waals surface area contributed by atoms with Crippen LogP contribution in [0.5, 0.6) is 0 Å². The summed E-state index contributed by atoms with van der Waals surface area (Å²) in [5, 5.41) is 0. The van der Waals surface area contributed by atoms with Gasteiger partial charge < -0.3 is 4.57 Å². The van der Waals surface area contributed by atoms with Gasteiger partial charge in [-0.25, -0.2) is 0 Å². The molecule has 0 aliphatic rings. The lowest BCUT2D eigenvalue weighted by Crippen LogP contribution is -2.23. The molecule has 0 spiro atoms. The summed E-state index contributed by atoms with van der Waals surface area (Å²) in [5.41, 5.74) is 2.41. The van der Waals surface area contributed by atoms with E-state index in [1.54, 1.807) is 18.5 Å². The van der Waals surface area contributed by atoms with Crippen LogP contribution in [-0.2, 0) is 7.05 Å². The molecule has 0 N–H and O–H groups in total. The van der Waals surface area contributed by atoms with Crippen molar-refractivity contribution in [2.45, 2.75) is 20.8 Å². The van der Waals surface area contributed by atoms with E-state index >= 15 is 0 Å². The molecule has 0 fully saturated rings. The largest absolute Gasteiger partial charge is 0.313 e. The van der Waals surface area contributed by atoms with E-state index in [2.05, 4.69) is 4.98 Å². The molecular formula is C8H12N2O. The number of aryl methyl sites for hydroxylation is 2. The third kappa shape index (κ3) is 1.18. The minimum absolute atomic E-state index is 0.00639. The fourth-order valence-electron chi connectivity index (χ4n) is 1.02. The average Bonchev–Trinajstić information content (AvgIpc) is 1.97. The monoisotopic (exact) mass is 152 g/mol. The number of hydrogen-bond donors (Lipinski definition) is 0. The van der Waals surface area contributed by atoms with Gasteiger partial charge in [-0.15, -0.1) is 0 Å². The fourth-order valence-corrected chi connectivity index (χ4v) is 1.02. The van der Waals surface area contributed by atoms with Gasteiger partial charge in [0.25, 0.3) is 5.56 Å². The molecular weight excluding hydrogens is 140 g/mol. The maximum atomic E-state index is 11.2. The molecule has 1 heterocycles. The topological polar surface area (TPSA) is 34.9 Å². The Bertz CT molecular complexity index is 339. The van der Waals surface area contributed by atoms with Crippen molar-refractivity contribution < 1.29 is 0 Å². The van der Waals surface area contributed by atoms with Crippen LogP contribution >= 0.6 is 0 Å². The molecule has 0 aromatic carbocycles. The second-order valence-corrected chi connectivity index (χ2v) is 2.73. The van der Waals surface area contributed by atoms with Crippen LogP contribution in [0.3, 0.4) is 0 Å². The van der Waals surface area contributed by atoms with Crippen molar-refractivity contribution in [1.82, 2.24) is 9.55 Å². The van der Waals surface area contributed by atoms with Crippen molar-refractivity contribution >= 4 is 0 Å². The van der Waals surface area contributed by atoms with E-state index in [-0.39, 0.29) is 5.56 Å². The van der Waals surface area contributed by atoms with E-state index in [0.29, 0.717) is 5.69 Å². The van der Waals surface area contributed by atoms with Gasteiger partial charge in [0.2, 0.25) is 0 Å². The molecule has 3 nitrogen and oxygen atoms in total. The quantitative estimate of drug-likeness (QED) is 0.548. The number of hydrogen-bond acceptors (Lipinski definition) is 2. The van der Waals surface area contributed by atoms with Gasteiger partial charge in [-0.2, -0.15) is 0 Å². The fraction of sp³-hybridized carbons (Fsp3) is 0.500. The maximum absolute atomic E-state index is 11.2. The first kappa shape index (κ1) is 7.98. The second-order valence-electron chi connectivity index (χ2n) is 2.73. The molecule has 0 saturated heterocycles. The first-order valence-corrected chi connectivity index (χ1v) is 3.55. The molecule has 1 aromatic heterocycles. The first-order valence-electron chi connectivity index (χ1n) is 3.55. The molecule has 11 heavy (non-hydrogen) atoms. The maximum Gasteiger partial charge on any atom is 0.271 e. The third-order valence-corrected chi connectivity index (χ3v) is 1.98. The summed E-state index contributed by atoms with van der Waals surface area (Å²) in [6.45, 7) is 5.53. The molecule has 60 valence electrons. The highest BCUT2D eigenvalue weighted by Crippen LogP contribution is 1.98. The van der Waals surface area contributed by atoms with Crippen LogP contribution in [-0.4, -0.2) is 9.55 Å². The summed E-state index contributed by atoms with van der Waals surface area (Å²) in [4.78, 5) is 15.3. The van der Waals surface area contributed by atoms with Crippen LogP contribution < -0.4 is 5.56 Å². The van der Waals surface area contributed by atoms with Crippen molar-refractivity contribution in [1.29, 1.82) is 0 Å². The molecule has 0 bridgehead atoms. The molecule has 0 unspecified atom stereocenters. The normalized spacial score (nSPS) is 10.2. The van der Waals surface area contributed by atoms with Crippen LogP contribution in [0.2, 0.25) is 0 Å². The van der Waals surface area contributed by atoms with Crippen LogP contribution in [0, 0.1) is 20.8 Å². The molecule has 1 aromatic rings. The predicted molar refractivity (Wildman–Crippen MR) is 43.7 cm³/mol. The van der Waals surface area contributed by atoms with Crippen LogP contribution in [0.4, 0.5) is 0 Å². The van der Waals surface area contributed by atoms with Gasteiger partial charge in [0, 0.05) is 12.7 Å². The van der Waals surface area contributed by atoms with Gasteiger partial charge in [-0.3, -0.25) is 9.78 Å². The van der Waals surface area contributed by atoms with E-state index in [1.807, 2.05) is 13.8 Å². The Morgan fingerprint density at radius 1 is 1.18 bits per heavy atom. The number of nitrogens with zero attached hydrogens (tertiary/aromatic N) is 2. The molecule has 0 atom stereocenters. The van der Waals surface area contributed by atoms with Gasteiger partial charge in [-0.05, 0) is 20.8 Å². The number of rotatable bonds is 0. The lowest BCUT2D eigenvalue weighted by molar-refractivity contribution is 0.768. The van der Waals surface area contributed by atoms with Crippen LogP contribution in [0.25, 0.3) is 0 Å². The molecule has 3 heteroatoms. The van der Waals surface area contributed by atoms with Crippen molar-refractivity contribution in [3.05, 3.63) is 27.4 Å². The van der Waals surface area contributed by atoms with Crippen molar-refractivity contribution in [3.63, 3.8) is 0 Å². The number of aromatic nitrogens is 2. The third-order valence-electron chi connectivity index (χ3n) is 1.98. The lowest BCUT2D eigenvalue weighted by Gasteiger charge is -2.06. The molecule has 0 saturated carbocycles. The highest BCUT2D eigenvalue weighted by molar-refractivity contribution is 5.11. The molecule has 0 amide bonds. The standard InChI is InChI=1S/C8H12N2O/c1-5-7(3)10(4)8(11)6(2)9-5/h1-4H3. The van der Waals surface area contributed by atoms with Crippen molar-refractivity contribution in [2.75, 3.05) is 0 Å². The second kappa shape index (κ2) is 2.49. The Morgan fingerprint density at radius 2 is 1.73 bits per heavy atom. The summed E-state index contributed by atoms with van der Waals surface area (Å²) in [5.74, 6) is 0. The van der Waals surface area contributed by atoms with Crippen molar-refractivity contribution in [2.24, 2.45) is 7.05 Å². The van der Waals surface area contributed by atoms with Crippen LogP contribution in [0.15, 0.2) is 4.79 Å². The Labute approximate surface area is 65.7 Å². The Hall–Kier alpha value is -1.12. The highest BCUT2D eigenvalue weighted by Gasteiger charge is 2.02. The Morgan fingerprint density at radius 3 is 2.27 bits per heavy atom. The van der Waals surface area contributed by atoms with E-state index in [1.165, 1.54) is 0 Å². The average molecular weight is 152 g/mol. The van der Waals surface area contributed by atoms with Crippen molar-refractivity contribution in [3.8, 4) is 0 Å². The molecule has 0 aliphatic carbocycles. The van der Waals surface area contributed by atoms with Gasteiger partial charge >= 0.3 is 0 Å². The minimum atomic E-state index is -0.00639. The zero-order chi connectivity index (χ0) is 8.59. The first-order chi connectivity index (χ1) is 5.04. The summed E-state index contributed by atoms with van der Waals surface area (Å²) in [6, 6.07) is 0. The SMILES string of the molecule is Cc1nc(C)c(=O)n(C)c1C. The predicted octanol–water partition coefficient (Wildman–Crippen LogP) is 0.706. The lowest BCUT2D eigenvalue weighted by atomic mass is 10.3. The molecule has 1 rings (SSSR count). The van der Waals surface area contributed by atoms with Gasteiger partial charge in [0.15, 0.2) is 0 Å². The summed E-state index contributed by atoms with van der Waals surface area (Å²) < 4.78 is 1.62. The van der Waals surface area contributed by atoms with E-state index in [4.69, 9.17) is 0 Å². The van der Waals surface area contributed by atoms with E-state index in [9.17, 15) is 4.79 Å². The smallest absolute Gasteiger partial charge is 0.271 e. The zero-order valence-electron chi connectivity index (χ0n) is 7.30. The highest BCUT2D eigenvalue weighted by atomic mass is 16.1. The molecule has 0 radical (unpaired) electrons. The molecule has 0 aliphatic heterocycles. The summed E-state index contributed by atoms with van der Waals surface area (Å²) in [6.07, 6.45) is 0.